The molecule has 1 aliphatic heterocycles. The molecule has 0 saturated carbocycles. The number of fused-ring (bicyclic) bond motifs is 2. The second-order valence-electron chi connectivity index (χ2n) is 9.30. The normalized spacial score (nSPS) is 13.7. The van der Waals surface area contributed by atoms with E-state index in [1.807, 2.05) is 48.5 Å². The molecule has 0 saturated heterocycles. The molecule has 1 atom stereocenters. The largest absolute Gasteiger partial charge is 0.486 e. The number of furan rings is 1. The molecule has 1 unspecified atom stereocenters. The van der Waals surface area contributed by atoms with Crippen molar-refractivity contribution in [1.82, 2.24) is 30.1 Å². The Morgan fingerprint density at radius 3 is 2.61 bits per heavy atom. The smallest absolute Gasteiger partial charge is 0.252 e. The highest BCUT2D eigenvalue weighted by Crippen LogP contribution is 2.34. The summed E-state index contributed by atoms with van der Waals surface area (Å²) in [4.78, 5) is 18.5. The zero-order chi connectivity index (χ0) is 25.9. The summed E-state index contributed by atoms with van der Waals surface area (Å²) in [6.45, 7) is 4.54. The van der Waals surface area contributed by atoms with Crippen LogP contribution >= 0.6 is 0 Å². The maximum absolute atomic E-state index is 13.3. The molecule has 1 N–H and O–H groups in total. The van der Waals surface area contributed by atoms with Crippen molar-refractivity contribution in [2.75, 3.05) is 13.2 Å². The molecule has 4 heterocycles. The Bertz CT molecular complexity index is 1580. The third kappa shape index (κ3) is 4.90. The minimum atomic E-state index is -0.143. The van der Waals surface area contributed by atoms with Gasteiger partial charge >= 0.3 is 0 Å². The molecule has 10 nitrogen and oxygen atoms in total. The van der Waals surface area contributed by atoms with Crippen LogP contribution < -0.4 is 15.0 Å². The summed E-state index contributed by atoms with van der Waals surface area (Å²) < 4.78 is 18.7. The minimum absolute atomic E-state index is 0.141. The Hall–Kier alpha value is -4.44. The molecule has 3 aromatic heterocycles. The van der Waals surface area contributed by atoms with Crippen molar-refractivity contribution in [3.05, 3.63) is 100.0 Å². The molecule has 10 heteroatoms. The molecular formula is C28H28N6O4. The number of nitrogens with one attached hydrogen (secondary N) is 1. The van der Waals surface area contributed by atoms with Crippen LogP contribution in [0.15, 0.2) is 76.1 Å². The van der Waals surface area contributed by atoms with E-state index in [-0.39, 0.29) is 11.6 Å². The third-order valence-corrected chi connectivity index (χ3v) is 6.76. The number of H-pyrrole nitrogens is 1. The molecule has 194 valence electrons. The quantitative estimate of drug-likeness (QED) is 0.315. The molecule has 5 aromatic rings. The summed E-state index contributed by atoms with van der Waals surface area (Å²) in [7, 11) is 0. The second kappa shape index (κ2) is 10.5. The number of benzene rings is 2. The fourth-order valence-electron chi connectivity index (χ4n) is 4.94. The number of nitrogens with zero attached hydrogens (tertiary/aromatic N) is 5. The van der Waals surface area contributed by atoms with Crippen molar-refractivity contribution in [1.29, 1.82) is 0 Å². The van der Waals surface area contributed by atoms with Gasteiger partial charge < -0.3 is 18.9 Å². The maximum atomic E-state index is 13.3. The van der Waals surface area contributed by atoms with E-state index in [4.69, 9.17) is 13.9 Å². The highest BCUT2D eigenvalue weighted by atomic mass is 16.6. The summed E-state index contributed by atoms with van der Waals surface area (Å²) in [5.41, 5.74) is 2.35. The lowest BCUT2D eigenvalue weighted by molar-refractivity contribution is 0.161. The van der Waals surface area contributed by atoms with E-state index in [1.165, 1.54) is 0 Å². The first-order chi connectivity index (χ1) is 18.7. The fourth-order valence-corrected chi connectivity index (χ4v) is 4.94. The zero-order valence-electron chi connectivity index (χ0n) is 21.0. The van der Waals surface area contributed by atoms with Gasteiger partial charge in [0.25, 0.3) is 5.56 Å². The van der Waals surface area contributed by atoms with Crippen molar-refractivity contribution in [3.63, 3.8) is 0 Å². The van der Waals surface area contributed by atoms with Gasteiger partial charge in [0.2, 0.25) is 0 Å². The molecule has 0 spiro atoms. The van der Waals surface area contributed by atoms with Gasteiger partial charge in [-0.15, -0.1) is 5.10 Å². The number of aromatic nitrogens is 5. The molecule has 2 aromatic carbocycles. The van der Waals surface area contributed by atoms with Crippen molar-refractivity contribution >= 4 is 10.9 Å². The zero-order valence-corrected chi connectivity index (χ0v) is 21.0. The van der Waals surface area contributed by atoms with Crippen LogP contribution in [0.25, 0.3) is 10.9 Å². The van der Waals surface area contributed by atoms with Gasteiger partial charge in [0, 0.05) is 30.1 Å². The lowest BCUT2D eigenvalue weighted by atomic mass is 10.1. The van der Waals surface area contributed by atoms with Crippen LogP contribution in [0.1, 0.15) is 42.1 Å². The first-order valence-electron chi connectivity index (χ1n) is 12.7. The number of aromatic amines is 1. The predicted octanol–water partition coefficient (Wildman–Crippen LogP) is 4.08. The van der Waals surface area contributed by atoms with Gasteiger partial charge in [0.05, 0.1) is 17.8 Å². The summed E-state index contributed by atoms with van der Waals surface area (Å²) >= 11 is 0. The van der Waals surface area contributed by atoms with Crippen LogP contribution in [-0.2, 0) is 19.6 Å². The SMILES string of the molecule is CCC(c1nnnn1Cc1ccco1)N(Cc1ccccc1)Cc1cc2cc3c(cc2[nH]c1=O)OCCO3. The maximum Gasteiger partial charge on any atom is 0.252 e. The lowest BCUT2D eigenvalue weighted by Gasteiger charge is -2.30. The molecule has 0 fully saturated rings. The van der Waals surface area contributed by atoms with Crippen molar-refractivity contribution in [2.24, 2.45) is 0 Å². The highest BCUT2D eigenvalue weighted by Gasteiger charge is 2.26. The van der Waals surface area contributed by atoms with Gasteiger partial charge in [-0.05, 0) is 46.7 Å². The standard InChI is InChI=1S/C28H28N6O4/c1-2-24(27-30-31-32-34(27)18-22-9-6-10-36-22)33(16-19-7-4-3-5-8-19)17-21-13-20-14-25-26(38-12-11-37-25)15-23(20)29-28(21)35/h3-10,13-15,24H,2,11-12,16-18H2,1H3,(H,29,35). The Labute approximate surface area is 218 Å². The van der Waals surface area contributed by atoms with Gasteiger partial charge in [-0.3, -0.25) is 9.69 Å². The summed E-state index contributed by atoms with van der Waals surface area (Å²) in [6.07, 6.45) is 2.38. The van der Waals surface area contributed by atoms with E-state index in [0.29, 0.717) is 55.4 Å². The first kappa shape index (κ1) is 23.9. The number of hydrogen-bond donors (Lipinski definition) is 1. The van der Waals surface area contributed by atoms with E-state index in [0.717, 1.165) is 29.0 Å². The number of tetrazole rings is 1. The Morgan fingerprint density at radius 1 is 1.03 bits per heavy atom. The predicted molar refractivity (Wildman–Crippen MR) is 140 cm³/mol. The van der Waals surface area contributed by atoms with Crippen LogP contribution in [-0.4, -0.2) is 43.3 Å². The van der Waals surface area contributed by atoms with Crippen LogP contribution in [0, 0.1) is 0 Å². The Balaban J connectivity index is 1.36. The Kier molecular flexibility index (Phi) is 6.62. The van der Waals surface area contributed by atoms with Crippen molar-refractivity contribution in [3.8, 4) is 11.5 Å². The molecule has 1 aliphatic rings. The van der Waals surface area contributed by atoms with Gasteiger partial charge in [0.15, 0.2) is 17.3 Å². The van der Waals surface area contributed by atoms with E-state index >= 15 is 0 Å². The third-order valence-electron chi connectivity index (χ3n) is 6.76. The number of pyridine rings is 1. The van der Waals surface area contributed by atoms with Gasteiger partial charge in [-0.2, -0.15) is 0 Å². The highest BCUT2D eigenvalue weighted by molar-refractivity contribution is 5.83. The monoisotopic (exact) mass is 512 g/mol. The first-order valence-corrected chi connectivity index (χ1v) is 12.7. The average molecular weight is 513 g/mol. The fraction of sp³-hybridized carbons (Fsp3) is 0.286. The van der Waals surface area contributed by atoms with Gasteiger partial charge in [-0.1, -0.05) is 37.3 Å². The summed E-state index contributed by atoms with van der Waals surface area (Å²) in [5.74, 6) is 2.82. The van der Waals surface area contributed by atoms with Gasteiger partial charge in [-0.25, -0.2) is 4.68 Å². The topological polar surface area (TPSA) is 111 Å². The van der Waals surface area contributed by atoms with Crippen LogP contribution in [0.4, 0.5) is 0 Å². The molecular weight excluding hydrogens is 484 g/mol. The second-order valence-corrected chi connectivity index (χ2v) is 9.30. The molecule has 6 rings (SSSR count). The summed E-state index contributed by atoms with van der Waals surface area (Å²) in [5, 5.41) is 13.5. The molecule has 0 aliphatic carbocycles. The van der Waals surface area contributed by atoms with E-state index in [2.05, 4.69) is 44.5 Å². The van der Waals surface area contributed by atoms with Crippen LogP contribution in [0.5, 0.6) is 11.5 Å². The number of ether oxygens (including phenoxy) is 2. The number of rotatable bonds is 9. The minimum Gasteiger partial charge on any atom is -0.486 e. The molecule has 0 amide bonds. The van der Waals surface area contributed by atoms with E-state index in [9.17, 15) is 4.79 Å². The molecule has 0 radical (unpaired) electrons. The van der Waals surface area contributed by atoms with E-state index < -0.39 is 0 Å². The lowest BCUT2D eigenvalue weighted by Crippen LogP contribution is -2.32. The van der Waals surface area contributed by atoms with Gasteiger partial charge in [0.1, 0.15) is 25.5 Å². The van der Waals surface area contributed by atoms with Crippen LogP contribution in [0.2, 0.25) is 0 Å². The number of hydrogen-bond acceptors (Lipinski definition) is 8. The van der Waals surface area contributed by atoms with Crippen molar-refractivity contribution < 1.29 is 13.9 Å². The Morgan fingerprint density at radius 2 is 1.84 bits per heavy atom. The molecule has 38 heavy (non-hydrogen) atoms. The van der Waals surface area contributed by atoms with E-state index in [1.54, 1.807) is 10.9 Å². The van der Waals surface area contributed by atoms with Crippen molar-refractivity contribution in [2.45, 2.75) is 39.0 Å². The van der Waals surface area contributed by atoms with Crippen LogP contribution in [0.3, 0.4) is 0 Å². The average Bonchev–Trinajstić information content (AvgIpc) is 3.62. The molecule has 0 bridgehead atoms. The summed E-state index contributed by atoms with van der Waals surface area (Å²) in [6, 6.07) is 19.5.